The molecule has 4 heteroatoms. The zero-order chi connectivity index (χ0) is 12.0. The van der Waals surface area contributed by atoms with Gasteiger partial charge in [-0.1, -0.05) is 12.1 Å². The van der Waals surface area contributed by atoms with Crippen molar-refractivity contribution in [3.05, 3.63) is 35.4 Å². The van der Waals surface area contributed by atoms with Gasteiger partial charge in [-0.25, -0.2) is 0 Å². The average Bonchev–Trinajstić information content (AvgIpc) is 2.36. The fourth-order valence-corrected chi connectivity index (χ4v) is 1.17. The molecule has 0 aromatic heterocycles. The van der Waals surface area contributed by atoms with Crippen LogP contribution < -0.4 is 5.32 Å². The topological polar surface area (TPSA) is 76.3 Å². The van der Waals surface area contributed by atoms with E-state index >= 15 is 0 Å². The second-order valence-corrected chi connectivity index (χ2v) is 4.04. The lowest BCUT2D eigenvalue weighted by Crippen LogP contribution is -2.48. The number of hydrogen-bond acceptors (Lipinski definition) is 4. The van der Waals surface area contributed by atoms with Gasteiger partial charge in [0.1, 0.15) is 0 Å². The highest BCUT2D eigenvalue weighted by Crippen LogP contribution is 2.06. The molecule has 4 nitrogen and oxygen atoms in total. The predicted molar refractivity (Wildman–Crippen MR) is 60.6 cm³/mol. The van der Waals surface area contributed by atoms with E-state index in [4.69, 9.17) is 15.5 Å². The van der Waals surface area contributed by atoms with Gasteiger partial charge in [-0.15, -0.1) is 0 Å². The Morgan fingerprint density at radius 2 is 1.81 bits per heavy atom. The maximum atomic E-state index is 9.08. The summed E-state index contributed by atoms with van der Waals surface area (Å²) in [6.45, 7) is 2.04. The Kier molecular flexibility index (Phi) is 4.44. The minimum absolute atomic E-state index is 0.125. The Morgan fingerprint density at radius 3 is 2.25 bits per heavy atom. The summed E-state index contributed by atoms with van der Waals surface area (Å²) in [5.41, 5.74) is 0.955. The van der Waals surface area contributed by atoms with Crippen LogP contribution in [0.1, 0.15) is 18.1 Å². The third-order valence-corrected chi connectivity index (χ3v) is 2.50. The SMILES string of the molecule is CC(CO)(CO)NCc1ccc(C#N)cc1. The van der Waals surface area contributed by atoms with Crippen molar-refractivity contribution in [1.29, 1.82) is 5.26 Å². The van der Waals surface area contributed by atoms with Gasteiger partial charge >= 0.3 is 0 Å². The minimum atomic E-state index is -0.673. The highest BCUT2D eigenvalue weighted by molar-refractivity contribution is 5.31. The van der Waals surface area contributed by atoms with Crippen LogP contribution in [0.25, 0.3) is 0 Å². The summed E-state index contributed by atoms with van der Waals surface area (Å²) >= 11 is 0. The van der Waals surface area contributed by atoms with Crippen LogP contribution in [0.4, 0.5) is 0 Å². The molecule has 0 aliphatic rings. The Hall–Kier alpha value is -1.41. The quantitative estimate of drug-likeness (QED) is 0.671. The monoisotopic (exact) mass is 220 g/mol. The van der Waals surface area contributed by atoms with Gasteiger partial charge in [0.05, 0.1) is 30.4 Å². The van der Waals surface area contributed by atoms with Crippen LogP contribution in [0.2, 0.25) is 0 Å². The lowest BCUT2D eigenvalue weighted by atomic mass is 10.0. The lowest BCUT2D eigenvalue weighted by molar-refractivity contribution is 0.103. The van der Waals surface area contributed by atoms with Crippen LogP contribution >= 0.6 is 0 Å². The molecular weight excluding hydrogens is 204 g/mol. The predicted octanol–water partition coefficient (Wildman–Crippen LogP) is 0.391. The van der Waals surface area contributed by atoms with Crippen LogP contribution in [0.15, 0.2) is 24.3 Å². The van der Waals surface area contributed by atoms with Gasteiger partial charge in [-0.3, -0.25) is 0 Å². The molecule has 0 aliphatic carbocycles. The standard InChI is InChI=1S/C12H16N2O2/c1-12(8-15,9-16)14-7-11-4-2-10(6-13)3-5-11/h2-5,14-16H,7-9H2,1H3. The van der Waals surface area contributed by atoms with E-state index in [1.807, 2.05) is 18.2 Å². The molecule has 1 aromatic rings. The summed E-state index contributed by atoms with van der Waals surface area (Å²) in [5, 5.41) is 29.9. The summed E-state index contributed by atoms with van der Waals surface area (Å²) in [4.78, 5) is 0. The Labute approximate surface area is 95.2 Å². The molecule has 0 saturated carbocycles. The van der Waals surface area contributed by atoms with E-state index < -0.39 is 5.54 Å². The fourth-order valence-electron chi connectivity index (χ4n) is 1.17. The van der Waals surface area contributed by atoms with E-state index in [-0.39, 0.29) is 13.2 Å². The zero-order valence-corrected chi connectivity index (χ0v) is 9.27. The first-order chi connectivity index (χ1) is 7.63. The van der Waals surface area contributed by atoms with Crippen molar-refractivity contribution >= 4 is 0 Å². The molecule has 0 fully saturated rings. The Balaban J connectivity index is 2.58. The first-order valence-electron chi connectivity index (χ1n) is 5.09. The van der Waals surface area contributed by atoms with Crippen LogP contribution in [0.3, 0.4) is 0 Å². The molecule has 0 spiro atoms. The van der Waals surface area contributed by atoms with Gasteiger partial charge in [0.15, 0.2) is 0 Å². The molecule has 0 radical (unpaired) electrons. The molecule has 0 amide bonds. The summed E-state index contributed by atoms with van der Waals surface area (Å²) in [7, 11) is 0. The van der Waals surface area contributed by atoms with Crippen molar-refractivity contribution in [3.63, 3.8) is 0 Å². The summed E-state index contributed by atoms with van der Waals surface area (Å²) in [6, 6.07) is 9.23. The van der Waals surface area contributed by atoms with Gasteiger partial charge < -0.3 is 15.5 Å². The molecule has 0 heterocycles. The fraction of sp³-hybridized carbons (Fsp3) is 0.417. The van der Waals surface area contributed by atoms with Crippen LogP contribution in [-0.4, -0.2) is 29.0 Å². The summed E-state index contributed by atoms with van der Waals surface area (Å²) in [5.74, 6) is 0. The number of aliphatic hydroxyl groups excluding tert-OH is 2. The Bertz CT molecular complexity index is 364. The smallest absolute Gasteiger partial charge is 0.0991 e. The second kappa shape index (κ2) is 5.61. The molecule has 0 bridgehead atoms. The molecule has 3 N–H and O–H groups in total. The van der Waals surface area contributed by atoms with Crippen LogP contribution in [0.5, 0.6) is 0 Å². The molecule has 0 aliphatic heterocycles. The molecule has 16 heavy (non-hydrogen) atoms. The number of aliphatic hydroxyl groups is 2. The highest BCUT2D eigenvalue weighted by atomic mass is 16.3. The van der Waals surface area contributed by atoms with Crippen molar-refractivity contribution < 1.29 is 10.2 Å². The number of nitrogens with zero attached hydrogens (tertiary/aromatic N) is 1. The van der Waals surface area contributed by atoms with Gasteiger partial charge in [-0.05, 0) is 24.6 Å². The van der Waals surface area contributed by atoms with E-state index in [2.05, 4.69) is 5.32 Å². The van der Waals surface area contributed by atoms with E-state index in [1.165, 1.54) is 0 Å². The number of nitriles is 1. The van der Waals surface area contributed by atoms with Crippen molar-refractivity contribution in [2.45, 2.75) is 19.0 Å². The molecule has 0 atom stereocenters. The van der Waals surface area contributed by atoms with E-state index in [9.17, 15) is 0 Å². The first kappa shape index (κ1) is 12.7. The molecular formula is C12H16N2O2. The van der Waals surface area contributed by atoms with Crippen LogP contribution in [0, 0.1) is 11.3 Å². The molecule has 1 aromatic carbocycles. The molecule has 86 valence electrons. The van der Waals surface area contributed by atoms with Crippen molar-refractivity contribution in [2.75, 3.05) is 13.2 Å². The van der Waals surface area contributed by atoms with E-state index in [1.54, 1.807) is 19.1 Å². The first-order valence-corrected chi connectivity index (χ1v) is 5.09. The largest absolute Gasteiger partial charge is 0.394 e. The van der Waals surface area contributed by atoms with Gasteiger partial charge in [0.2, 0.25) is 0 Å². The molecule has 0 saturated heterocycles. The highest BCUT2D eigenvalue weighted by Gasteiger charge is 2.20. The van der Waals surface area contributed by atoms with Gasteiger partial charge in [0.25, 0.3) is 0 Å². The normalized spacial score (nSPS) is 11.1. The lowest BCUT2D eigenvalue weighted by Gasteiger charge is -2.26. The number of hydrogen-bond donors (Lipinski definition) is 3. The number of benzene rings is 1. The van der Waals surface area contributed by atoms with Gasteiger partial charge in [-0.2, -0.15) is 5.26 Å². The number of rotatable bonds is 5. The summed E-state index contributed by atoms with van der Waals surface area (Å²) < 4.78 is 0. The molecule has 0 unspecified atom stereocenters. The van der Waals surface area contributed by atoms with E-state index in [0.29, 0.717) is 12.1 Å². The maximum absolute atomic E-state index is 9.08. The average molecular weight is 220 g/mol. The van der Waals surface area contributed by atoms with Crippen LogP contribution in [-0.2, 0) is 6.54 Å². The second-order valence-electron chi connectivity index (χ2n) is 4.04. The summed E-state index contributed by atoms with van der Waals surface area (Å²) in [6.07, 6.45) is 0. The van der Waals surface area contributed by atoms with E-state index in [0.717, 1.165) is 5.56 Å². The third kappa shape index (κ3) is 3.31. The molecule has 1 rings (SSSR count). The van der Waals surface area contributed by atoms with Crippen molar-refractivity contribution in [1.82, 2.24) is 5.32 Å². The zero-order valence-electron chi connectivity index (χ0n) is 9.27. The van der Waals surface area contributed by atoms with Crippen molar-refractivity contribution in [2.24, 2.45) is 0 Å². The number of nitrogens with one attached hydrogen (secondary N) is 1. The van der Waals surface area contributed by atoms with Crippen molar-refractivity contribution in [3.8, 4) is 6.07 Å². The minimum Gasteiger partial charge on any atom is -0.394 e. The third-order valence-electron chi connectivity index (χ3n) is 2.50. The maximum Gasteiger partial charge on any atom is 0.0991 e. The Morgan fingerprint density at radius 1 is 1.25 bits per heavy atom. The van der Waals surface area contributed by atoms with Gasteiger partial charge in [0, 0.05) is 6.54 Å².